The molecular formula is C12H17N2. The van der Waals surface area contributed by atoms with E-state index >= 15 is 0 Å². The quantitative estimate of drug-likeness (QED) is 0.724. The van der Waals surface area contributed by atoms with Gasteiger partial charge in [0.15, 0.2) is 0 Å². The molecule has 1 aromatic heterocycles. The maximum absolute atomic E-state index is 4.20. The molecule has 2 rings (SSSR count). The van der Waals surface area contributed by atoms with Gasteiger partial charge in [-0.15, -0.1) is 0 Å². The molecule has 1 aliphatic heterocycles. The van der Waals surface area contributed by atoms with E-state index in [0.29, 0.717) is 5.92 Å². The smallest absolute Gasteiger partial charge is 0.0270 e. The van der Waals surface area contributed by atoms with Gasteiger partial charge in [0.2, 0.25) is 0 Å². The summed E-state index contributed by atoms with van der Waals surface area (Å²) in [5, 5.41) is 0. The molecule has 1 aliphatic rings. The van der Waals surface area contributed by atoms with Gasteiger partial charge in [-0.1, -0.05) is 0 Å². The molecule has 0 aromatic carbocycles. The molecular weight excluding hydrogens is 172 g/mol. The Morgan fingerprint density at radius 2 is 1.93 bits per heavy atom. The van der Waals surface area contributed by atoms with E-state index in [-0.39, 0.29) is 0 Å². The SMILES string of the molecule is [CH2][C@@H](CN1CCCC1)c1ccncc1. The number of hydrogen-bond donors (Lipinski definition) is 0. The molecule has 2 heteroatoms. The third-order valence-corrected chi connectivity index (χ3v) is 2.85. The zero-order valence-corrected chi connectivity index (χ0v) is 8.52. The maximum atomic E-state index is 4.20. The Bertz CT molecular complexity index is 265. The van der Waals surface area contributed by atoms with Crippen molar-refractivity contribution in [3.8, 4) is 0 Å². The third kappa shape index (κ3) is 2.32. The van der Waals surface area contributed by atoms with Crippen LogP contribution in [0.25, 0.3) is 0 Å². The van der Waals surface area contributed by atoms with Gasteiger partial charge in [-0.25, -0.2) is 0 Å². The molecule has 0 spiro atoms. The van der Waals surface area contributed by atoms with Crippen LogP contribution in [0.15, 0.2) is 24.5 Å². The molecule has 1 fully saturated rings. The van der Waals surface area contributed by atoms with Crippen LogP contribution in [0.1, 0.15) is 24.3 Å². The largest absolute Gasteiger partial charge is 0.303 e. The first kappa shape index (κ1) is 9.66. The molecule has 0 N–H and O–H groups in total. The lowest BCUT2D eigenvalue weighted by molar-refractivity contribution is 0.329. The molecule has 1 atom stereocenters. The summed E-state index contributed by atoms with van der Waals surface area (Å²) in [6.07, 6.45) is 6.39. The molecule has 1 radical (unpaired) electrons. The van der Waals surface area contributed by atoms with E-state index in [9.17, 15) is 0 Å². The van der Waals surface area contributed by atoms with Crippen LogP contribution in [-0.4, -0.2) is 29.5 Å². The summed E-state index contributed by atoms with van der Waals surface area (Å²) in [6, 6.07) is 4.13. The van der Waals surface area contributed by atoms with Crippen LogP contribution < -0.4 is 0 Å². The summed E-state index contributed by atoms with van der Waals surface area (Å²) in [7, 11) is 0. The second-order valence-corrected chi connectivity index (χ2v) is 3.99. The highest BCUT2D eigenvalue weighted by atomic mass is 15.1. The molecule has 0 unspecified atom stereocenters. The van der Waals surface area contributed by atoms with Gasteiger partial charge in [0.05, 0.1) is 0 Å². The van der Waals surface area contributed by atoms with Crippen molar-refractivity contribution in [1.29, 1.82) is 0 Å². The molecule has 0 amide bonds. The van der Waals surface area contributed by atoms with Crippen LogP contribution in [0, 0.1) is 6.92 Å². The van der Waals surface area contributed by atoms with E-state index in [1.54, 1.807) is 0 Å². The molecule has 1 saturated heterocycles. The van der Waals surface area contributed by atoms with Gasteiger partial charge in [-0.3, -0.25) is 4.98 Å². The predicted molar refractivity (Wildman–Crippen MR) is 58.0 cm³/mol. The van der Waals surface area contributed by atoms with E-state index < -0.39 is 0 Å². The number of pyridine rings is 1. The highest BCUT2D eigenvalue weighted by molar-refractivity contribution is 5.17. The van der Waals surface area contributed by atoms with Crippen LogP contribution in [-0.2, 0) is 0 Å². The van der Waals surface area contributed by atoms with Crippen LogP contribution in [0.2, 0.25) is 0 Å². The highest BCUT2D eigenvalue weighted by Gasteiger charge is 2.15. The van der Waals surface area contributed by atoms with E-state index in [0.717, 1.165) is 6.54 Å². The number of hydrogen-bond acceptors (Lipinski definition) is 2. The van der Waals surface area contributed by atoms with Crippen LogP contribution in [0.4, 0.5) is 0 Å². The van der Waals surface area contributed by atoms with E-state index in [1.165, 1.54) is 31.5 Å². The van der Waals surface area contributed by atoms with Gasteiger partial charge in [0.25, 0.3) is 0 Å². The Morgan fingerprint density at radius 3 is 2.57 bits per heavy atom. The Labute approximate surface area is 86.0 Å². The number of likely N-dealkylation sites (tertiary alicyclic amines) is 1. The van der Waals surface area contributed by atoms with Gasteiger partial charge < -0.3 is 4.90 Å². The van der Waals surface area contributed by atoms with Crippen LogP contribution >= 0.6 is 0 Å². The summed E-state index contributed by atoms with van der Waals surface area (Å²) in [5.41, 5.74) is 1.30. The second-order valence-electron chi connectivity index (χ2n) is 3.99. The first-order chi connectivity index (χ1) is 6.86. The zero-order valence-electron chi connectivity index (χ0n) is 8.52. The zero-order chi connectivity index (χ0) is 9.80. The Hall–Kier alpha value is -0.890. The highest BCUT2D eigenvalue weighted by Crippen LogP contribution is 2.17. The van der Waals surface area contributed by atoms with E-state index in [4.69, 9.17) is 0 Å². The monoisotopic (exact) mass is 189 g/mol. The van der Waals surface area contributed by atoms with Gasteiger partial charge in [-0.05, 0) is 56.5 Å². The normalized spacial score (nSPS) is 19.8. The second kappa shape index (κ2) is 4.56. The Kier molecular flexibility index (Phi) is 3.14. The molecule has 0 bridgehead atoms. The van der Waals surface area contributed by atoms with E-state index in [1.807, 2.05) is 12.4 Å². The fourth-order valence-corrected chi connectivity index (χ4v) is 2.02. The number of nitrogens with zero attached hydrogens (tertiary/aromatic N) is 2. The fourth-order valence-electron chi connectivity index (χ4n) is 2.02. The number of rotatable bonds is 3. The minimum Gasteiger partial charge on any atom is -0.303 e. The lowest BCUT2D eigenvalue weighted by Crippen LogP contribution is -2.24. The summed E-state index contributed by atoms with van der Waals surface area (Å²) < 4.78 is 0. The summed E-state index contributed by atoms with van der Waals surface area (Å²) >= 11 is 0. The average molecular weight is 189 g/mol. The molecule has 75 valence electrons. The lowest BCUT2D eigenvalue weighted by atomic mass is 10.0. The van der Waals surface area contributed by atoms with Crippen molar-refractivity contribution in [2.24, 2.45) is 0 Å². The maximum Gasteiger partial charge on any atom is 0.0270 e. The van der Waals surface area contributed by atoms with Crippen molar-refractivity contribution >= 4 is 0 Å². The Balaban J connectivity index is 1.92. The van der Waals surface area contributed by atoms with Crippen molar-refractivity contribution in [2.45, 2.75) is 18.8 Å². The first-order valence-corrected chi connectivity index (χ1v) is 5.31. The number of aromatic nitrogens is 1. The predicted octanol–water partition coefficient (Wildman–Crippen LogP) is 2.10. The lowest BCUT2D eigenvalue weighted by Gasteiger charge is -2.20. The third-order valence-electron chi connectivity index (χ3n) is 2.85. The molecule has 1 aromatic rings. The van der Waals surface area contributed by atoms with E-state index in [2.05, 4.69) is 28.9 Å². The van der Waals surface area contributed by atoms with Gasteiger partial charge in [0, 0.05) is 18.9 Å². The first-order valence-electron chi connectivity index (χ1n) is 5.31. The fraction of sp³-hybridized carbons (Fsp3) is 0.500. The summed E-state index contributed by atoms with van der Waals surface area (Å²) in [6.45, 7) is 7.78. The van der Waals surface area contributed by atoms with Crippen molar-refractivity contribution < 1.29 is 0 Å². The van der Waals surface area contributed by atoms with Crippen molar-refractivity contribution in [2.75, 3.05) is 19.6 Å². The Morgan fingerprint density at radius 1 is 1.29 bits per heavy atom. The molecule has 0 aliphatic carbocycles. The molecule has 0 saturated carbocycles. The topological polar surface area (TPSA) is 16.1 Å². The minimum absolute atomic E-state index is 0.385. The summed E-state index contributed by atoms with van der Waals surface area (Å²) in [5.74, 6) is 0.385. The van der Waals surface area contributed by atoms with Gasteiger partial charge in [0.1, 0.15) is 0 Å². The van der Waals surface area contributed by atoms with Crippen molar-refractivity contribution in [1.82, 2.24) is 9.88 Å². The van der Waals surface area contributed by atoms with Crippen LogP contribution in [0.3, 0.4) is 0 Å². The molecule has 2 heterocycles. The average Bonchev–Trinajstić information content (AvgIpc) is 2.72. The van der Waals surface area contributed by atoms with Crippen molar-refractivity contribution in [3.05, 3.63) is 37.0 Å². The van der Waals surface area contributed by atoms with Gasteiger partial charge in [-0.2, -0.15) is 0 Å². The standard InChI is InChI=1S/C12H17N2/c1-11(10-14-8-2-3-9-14)12-4-6-13-7-5-12/h4-7,11H,1-3,8-10H2/t11-/m0/s1. The summed E-state index contributed by atoms with van der Waals surface area (Å²) in [4.78, 5) is 6.52. The van der Waals surface area contributed by atoms with Gasteiger partial charge >= 0.3 is 0 Å². The molecule has 14 heavy (non-hydrogen) atoms. The van der Waals surface area contributed by atoms with Crippen LogP contribution in [0.5, 0.6) is 0 Å². The van der Waals surface area contributed by atoms with Crippen molar-refractivity contribution in [3.63, 3.8) is 0 Å². The molecule has 2 nitrogen and oxygen atoms in total. The minimum atomic E-state index is 0.385.